The maximum atomic E-state index is 6.79. The lowest BCUT2D eigenvalue weighted by Gasteiger charge is -2.16. The molecule has 56 heavy (non-hydrogen) atoms. The maximum Gasteiger partial charge on any atom is 0.143 e. The van der Waals surface area contributed by atoms with Gasteiger partial charge in [0, 0.05) is 38.4 Å². The first-order valence-electron chi connectivity index (χ1n) is 19.1. The molecule has 0 fully saturated rings. The van der Waals surface area contributed by atoms with Crippen LogP contribution in [0.2, 0.25) is 0 Å². The Hall–Kier alpha value is -7.36. The standard InChI is InChI=1S/C53H35NO2/c1-34-12-5-6-15-42(34)48-32-37(38-25-28-45-44-16-7-9-20-49(44)54(50(45)33-38)40-13-3-2-4-14-40)26-29-52(48)55-41-27-24-35-30-39(23-22-36(35)31-41)43-18-11-19-47-46-17-8-10-21-51(46)56-53(43)47/h2-33H,1H3. The zero-order chi connectivity index (χ0) is 37.2. The molecule has 0 atom stereocenters. The number of nitrogens with zero attached hydrogens (tertiary/aromatic N) is 1. The number of hydrogen-bond donors (Lipinski definition) is 0. The summed E-state index contributed by atoms with van der Waals surface area (Å²) in [7, 11) is 0. The zero-order valence-corrected chi connectivity index (χ0v) is 30.7. The summed E-state index contributed by atoms with van der Waals surface area (Å²) in [6.45, 7) is 2.16. The Morgan fingerprint density at radius 2 is 1.11 bits per heavy atom. The predicted octanol–water partition coefficient (Wildman–Crippen LogP) is 14.9. The number of fused-ring (bicyclic) bond motifs is 7. The Labute approximate surface area is 324 Å². The highest BCUT2D eigenvalue weighted by Gasteiger charge is 2.17. The summed E-state index contributed by atoms with van der Waals surface area (Å²) in [4.78, 5) is 0. The molecule has 9 aromatic carbocycles. The predicted molar refractivity (Wildman–Crippen MR) is 233 cm³/mol. The molecule has 0 radical (unpaired) electrons. The monoisotopic (exact) mass is 717 g/mol. The molecule has 0 aliphatic carbocycles. The van der Waals surface area contributed by atoms with Gasteiger partial charge >= 0.3 is 0 Å². The van der Waals surface area contributed by atoms with Gasteiger partial charge in [0.15, 0.2) is 0 Å². The molecule has 11 aromatic rings. The summed E-state index contributed by atoms with van der Waals surface area (Å²) in [5, 5.41) is 7.01. The highest BCUT2D eigenvalue weighted by molar-refractivity contribution is 6.11. The van der Waals surface area contributed by atoms with Gasteiger partial charge in [0.05, 0.1) is 11.0 Å². The van der Waals surface area contributed by atoms with Crippen LogP contribution in [-0.4, -0.2) is 4.57 Å². The van der Waals surface area contributed by atoms with Crippen LogP contribution in [0.15, 0.2) is 199 Å². The van der Waals surface area contributed by atoms with Crippen molar-refractivity contribution in [2.24, 2.45) is 0 Å². The van der Waals surface area contributed by atoms with Crippen LogP contribution in [0.5, 0.6) is 11.5 Å². The molecule has 3 nitrogen and oxygen atoms in total. The van der Waals surface area contributed by atoms with Crippen molar-refractivity contribution in [3.05, 3.63) is 200 Å². The molecule has 0 saturated carbocycles. The molecular formula is C53H35NO2. The van der Waals surface area contributed by atoms with Gasteiger partial charge in [0.2, 0.25) is 0 Å². The van der Waals surface area contributed by atoms with Crippen LogP contribution in [0.3, 0.4) is 0 Å². The highest BCUT2D eigenvalue weighted by Crippen LogP contribution is 2.42. The number of para-hydroxylation sites is 4. The van der Waals surface area contributed by atoms with Crippen molar-refractivity contribution in [3.63, 3.8) is 0 Å². The topological polar surface area (TPSA) is 27.3 Å². The number of rotatable bonds is 6. The zero-order valence-electron chi connectivity index (χ0n) is 30.7. The Morgan fingerprint density at radius 3 is 2.02 bits per heavy atom. The summed E-state index contributed by atoms with van der Waals surface area (Å²) < 4.78 is 15.5. The molecule has 2 heterocycles. The van der Waals surface area contributed by atoms with Gasteiger partial charge in [-0.05, 0) is 106 Å². The van der Waals surface area contributed by atoms with E-state index in [4.69, 9.17) is 9.15 Å². The van der Waals surface area contributed by atoms with E-state index in [9.17, 15) is 0 Å². The van der Waals surface area contributed by atoms with Gasteiger partial charge in [-0.1, -0.05) is 133 Å². The van der Waals surface area contributed by atoms with Gasteiger partial charge in [-0.2, -0.15) is 0 Å². The van der Waals surface area contributed by atoms with E-state index in [1.54, 1.807) is 0 Å². The molecule has 0 bridgehead atoms. The van der Waals surface area contributed by atoms with E-state index in [1.807, 2.05) is 12.1 Å². The van der Waals surface area contributed by atoms with Gasteiger partial charge in [-0.25, -0.2) is 0 Å². The minimum Gasteiger partial charge on any atom is -0.457 e. The van der Waals surface area contributed by atoms with E-state index in [1.165, 1.54) is 27.4 Å². The normalized spacial score (nSPS) is 11.7. The first kappa shape index (κ1) is 32.1. The Kier molecular flexibility index (Phi) is 7.39. The van der Waals surface area contributed by atoms with E-state index < -0.39 is 0 Å². The summed E-state index contributed by atoms with van der Waals surface area (Å²) in [6.07, 6.45) is 0. The Balaban J connectivity index is 0.981. The van der Waals surface area contributed by atoms with Gasteiger partial charge in [0.25, 0.3) is 0 Å². The number of benzene rings is 9. The van der Waals surface area contributed by atoms with Crippen LogP contribution < -0.4 is 4.74 Å². The fourth-order valence-corrected chi connectivity index (χ4v) is 8.45. The largest absolute Gasteiger partial charge is 0.457 e. The lowest BCUT2D eigenvalue weighted by Crippen LogP contribution is -1.94. The minimum atomic E-state index is 0.793. The van der Waals surface area contributed by atoms with Crippen molar-refractivity contribution >= 4 is 54.5 Å². The van der Waals surface area contributed by atoms with E-state index in [2.05, 4.69) is 193 Å². The summed E-state index contributed by atoms with van der Waals surface area (Å²) in [6, 6.07) is 68.8. The van der Waals surface area contributed by atoms with Gasteiger partial charge in [-0.3, -0.25) is 0 Å². The lowest BCUT2D eigenvalue weighted by molar-refractivity contribution is 0.485. The fraction of sp³-hybridized carbons (Fsp3) is 0.0189. The van der Waals surface area contributed by atoms with Gasteiger partial charge in [-0.15, -0.1) is 0 Å². The smallest absolute Gasteiger partial charge is 0.143 e. The van der Waals surface area contributed by atoms with Gasteiger partial charge < -0.3 is 13.7 Å². The molecule has 3 heteroatoms. The van der Waals surface area contributed by atoms with Crippen LogP contribution in [0.1, 0.15) is 5.56 Å². The van der Waals surface area contributed by atoms with Crippen molar-refractivity contribution in [2.75, 3.05) is 0 Å². The van der Waals surface area contributed by atoms with Crippen molar-refractivity contribution < 1.29 is 9.15 Å². The molecule has 0 unspecified atom stereocenters. The number of aryl methyl sites for hydroxylation is 1. The first-order valence-corrected chi connectivity index (χ1v) is 19.1. The first-order chi connectivity index (χ1) is 27.7. The minimum absolute atomic E-state index is 0.793. The molecule has 0 aliphatic heterocycles. The lowest BCUT2D eigenvalue weighted by atomic mass is 9.95. The van der Waals surface area contributed by atoms with E-state index >= 15 is 0 Å². The molecule has 0 amide bonds. The average molecular weight is 718 g/mol. The fourth-order valence-electron chi connectivity index (χ4n) is 8.45. The third-order valence-electron chi connectivity index (χ3n) is 11.2. The van der Waals surface area contributed by atoms with E-state index in [0.29, 0.717) is 0 Å². The van der Waals surface area contributed by atoms with Crippen LogP contribution in [0.25, 0.3) is 93.6 Å². The number of hydrogen-bond acceptors (Lipinski definition) is 2. The second-order valence-corrected chi connectivity index (χ2v) is 14.6. The second-order valence-electron chi connectivity index (χ2n) is 14.6. The highest BCUT2D eigenvalue weighted by atomic mass is 16.5. The van der Waals surface area contributed by atoms with Crippen molar-refractivity contribution in [3.8, 4) is 50.6 Å². The van der Waals surface area contributed by atoms with Crippen LogP contribution in [0, 0.1) is 6.92 Å². The summed E-state index contributed by atoms with van der Waals surface area (Å²) in [5.74, 6) is 1.61. The second kappa shape index (κ2) is 12.9. The molecule has 2 aromatic heterocycles. The Morgan fingerprint density at radius 1 is 0.429 bits per heavy atom. The Bertz CT molecular complexity index is 3290. The van der Waals surface area contributed by atoms with Crippen molar-refractivity contribution in [2.45, 2.75) is 6.92 Å². The van der Waals surface area contributed by atoms with Crippen LogP contribution in [0.4, 0.5) is 0 Å². The van der Waals surface area contributed by atoms with Gasteiger partial charge in [0.1, 0.15) is 22.7 Å². The summed E-state index contributed by atoms with van der Waals surface area (Å²) >= 11 is 0. The van der Waals surface area contributed by atoms with Crippen LogP contribution in [-0.2, 0) is 0 Å². The maximum absolute atomic E-state index is 6.79. The molecule has 0 N–H and O–H groups in total. The molecule has 11 rings (SSSR count). The van der Waals surface area contributed by atoms with Crippen LogP contribution >= 0.6 is 0 Å². The van der Waals surface area contributed by atoms with Crippen molar-refractivity contribution in [1.29, 1.82) is 0 Å². The van der Waals surface area contributed by atoms with Crippen molar-refractivity contribution in [1.82, 2.24) is 4.57 Å². The molecule has 0 aliphatic rings. The SMILES string of the molecule is Cc1ccccc1-c1cc(-c2ccc3c4ccccc4n(-c4ccccc4)c3c2)ccc1Oc1ccc2cc(-c3cccc4c3oc3ccccc34)ccc2c1. The molecular weight excluding hydrogens is 683 g/mol. The molecule has 0 spiro atoms. The number of aromatic nitrogens is 1. The average Bonchev–Trinajstić information content (AvgIpc) is 3.80. The number of furan rings is 1. The molecule has 0 saturated heterocycles. The van der Waals surface area contributed by atoms with E-state index in [0.717, 1.165) is 83.3 Å². The number of ether oxygens (including phenoxy) is 1. The third kappa shape index (κ3) is 5.28. The third-order valence-corrected chi connectivity index (χ3v) is 11.2. The quantitative estimate of drug-likeness (QED) is 0.171. The molecule has 264 valence electrons. The van der Waals surface area contributed by atoms with E-state index in [-0.39, 0.29) is 0 Å². The summed E-state index contributed by atoms with van der Waals surface area (Å²) in [5.41, 5.74) is 13.2.